The molecule has 5 rings (SSSR count). The predicted molar refractivity (Wildman–Crippen MR) is 140 cm³/mol. The van der Waals surface area contributed by atoms with Crippen molar-refractivity contribution in [2.24, 2.45) is 5.92 Å². The number of nitrogens with zero attached hydrogens (tertiary/aromatic N) is 4. The number of rotatable bonds is 8. The third-order valence-electron chi connectivity index (χ3n) is 7.24. The van der Waals surface area contributed by atoms with Gasteiger partial charge in [0.2, 0.25) is 17.6 Å². The van der Waals surface area contributed by atoms with E-state index in [1.165, 1.54) is 37.9 Å². The Morgan fingerprint density at radius 1 is 0.917 bits per heavy atom. The highest BCUT2D eigenvalue weighted by molar-refractivity contribution is 6.33. The standard InChI is InChI=1S/C28H34ClN5O2/c29-25-7-3-2-6-24(25)27-31-26(36-32-27)20-34-16-12-23(13-17-34)28(35)30-18-21-8-10-22(11-9-21)19-33-14-4-1-5-15-33/h2-3,6-11,23H,1,4-5,12-20H2,(H,30,35). The maximum Gasteiger partial charge on any atom is 0.241 e. The Bertz CT molecular complexity index is 1130. The molecule has 36 heavy (non-hydrogen) atoms. The van der Waals surface area contributed by atoms with Crippen molar-refractivity contribution < 1.29 is 9.32 Å². The number of likely N-dealkylation sites (tertiary alicyclic amines) is 2. The molecular weight excluding hydrogens is 474 g/mol. The maximum absolute atomic E-state index is 12.8. The van der Waals surface area contributed by atoms with E-state index < -0.39 is 0 Å². The van der Waals surface area contributed by atoms with E-state index in [2.05, 4.69) is 49.5 Å². The number of carbonyl (C=O) groups is 1. The molecule has 2 fully saturated rings. The normalized spacial score (nSPS) is 17.8. The zero-order chi connectivity index (χ0) is 24.7. The van der Waals surface area contributed by atoms with Gasteiger partial charge in [0.05, 0.1) is 11.6 Å². The predicted octanol–water partition coefficient (Wildman–Crippen LogP) is 4.90. The Morgan fingerprint density at radius 2 is 1.61 bits per heavy atom. The number of carbonyl (C=O) groups excluding carboxylic acids is 1. The Balaban J connectivity index is 1.04. The van der Waals surface area contributed by atoms with Crippen molar-refractivity contribution in [3.05, 3.63) is 70.6 Å². The van der Waals surface area contributed by atoms with Crippen LogP contribution >= 0.6 is 11.6 Å². The Labute approximate surface area is 217 Å². The summed E-state index contributed by atoms with van der Waals surface area (Å²) in [4.78, 5) is 22.1. The second-order valence-electron chi connectivity index (χ2n) is 9.91. The van der Waals surface area contributed by atoms with Crippen LogP contribution in [0, 0.1) is 5.92 Å². The summed E-state index contributed by atoms with van der Waals surface area (Å²) in [5, 5.41) is 7.82. The zero-order valence-electron chi connectivity index (χ0n) is 20.7. The highest BCUT2D eigenvalue weighted by atomic mass is 35.5. The van der Waals surface area contributed by atoms with Crippen molar-refractivity contribution in [1.29, 1.82) is 0 Å². The minimum absolute atomic E-state index is 0.0426. The molecule has 8 heteroatoms. The van der Waals surface area contributed by atoms with E-state index in [0.29, 0.717) is 29.8 Å². The molecule has 2 aromatic carbocycles. The van der Waals surface area contributed by atoms with Gasteiger partial charge in [0.1, 0.15) is 0 Å². The van der Waals surface area contributed by atoms with Gasteiger partial charge < -0.3 is 9.84 Å². The van der Waals surface area contributed by atoms with Gasteiger partial charge in [-0.15, -0.1) is 0 Å². The lowest BCUT2D eigenvalue weighted by Gasteiger charge is -2.30. The van der Waals surface area contributed by atoms with Crippen LogP contribution < -0.4 is 5.32 Å². The van der Waals surface area contributed by atoms with Gasteiger partial charge in [0, 0.05) is 24.6 Å². The minimum atomic E-state index is 0.0426. The molecule has 1 amide bonds. The van der Waals surface area contributed by atoms with Gasteiger partial charge in [0.25, 0.3) is 0 Å². The number of aromatic nitrogens is 2. The fourth-order valence-electron chi connectivity index (χ4n) is 5.09. The van der Waals surface area contributed by atoms with Crippen LogP contribution in [0.15, 0.2) is 53.1 Å². The monoisotopic (exact) mass is 507 g/mol. The topological polar surface area (TPSA) is 74.5 Å². The van der Waals surface area contributed by atoms with E-state index in [-0.39, 0.29) is 11.8 Å². The molecule has 2 aliphatic heterocycles. The quantitative estimate of drug-likeness (QED) is 0.467. The molecule has 190 valence electrons. The summed E-state index contributed by atoms with van der Waals surface area (Å²) >= 11 is 6.24. The summed E-state index contributed by atoms with van der Waals surface area (Å²) < 4.78 is 5.45. The SMILES string of the molecule is O=C(NCc1ccc(CN2CCCCC2)cc1)C1CCN(Cc2nc(-c3ccccc3Cl)no2)CC1. The average Bonchev–Trinajstić information content (AvgIpc) is 3.37. The smallest absolute Gasteiger partial charge is 0.241 e. The highest BCUT2D eigenvalue weighted by Crippen LogP contribution is 2.26. The summed E-state index contributed by atoms with van der Waals surface area (Å²) in [7, 11) is 0. The molecule has 2 aliphatic rings. The largest absolute Gasteiger partial charge is 0.352 e. The van der Waals surface area contributed by atoms with Crippen LogP contribution in [0.4, 0.5) is 0 Å². The van der Waals surface area contributed by atoms with Crippen molar-refractivity contribution in [2.75, 3.05) is 26.2 Å². The highest BCUT2D eigenvalue weighted by Gasteiger charge is 2.26. The average molecular weight is 508 g/mol. The van der Waals surface area contributed by atoms with Crippen LogP contribution in [-0.2, 0) is 24.4 Å². The summed E-state index contributed by atoms with van der Waals surface area (Å²) in [5.74, 6) is 1.26. The minimum Gasteiger partial charge on any atom is -0.352 e. The molecule has 0 atom stereocenters. The van der Waals surface area contributed by atoms with Gasteiger partial charge in [-0.1, -0.05) is 59.6 Å². The molecule has 0 spiro atoms. The molecular formula is C28H34ClN5O2. The summed E-state index contributed by atoms with van der Waals surface area (Å²) in [6, 6.07) is 16.2. The Morgan fingerprint density at radius 3 is 2.36 bits per heavy atom. The van der Waals surface area contributed by atoms with Gasteiger partial charge in [0.15, 0.2) is 0 Å². The molecule has 7 nitrogen and oxygen atoms in total. The fraction of sp³-hybridized carbons (Fsp3) is 0.464. The number of hydrogen-bond donors (Lipinski definition) is 1. The Kier molecular flexibility index (Phi) is 8.31. The summed E-state index contributed by atoms with van der Waals surface area (Å²) in [5.41, 5.74) is 3.26. The van der Waals surface area contributed by atoms with Crippen LogP contribution in [0.25, 0.3) is 11.4 Å². The van der Waals surface area contributed by atoms with Gasteiger partial charge in [-0.05, 0) is 75.1 Å². The first-order chi connectivity index (χ1) is 17.6. The molecule has 0 unspecified atom stereocenters. The van der Waals surface area contributed by atoms with Crippen molar-refractivity contribution in [3.8, 4) is 11.4 Å². The maximum atomic E-state index is 12.8. The Hall–Kier alpha value is -2.74. The van der Waals surface area contributed by atoms with Crippen molar-refractivity contribution >= 4 is 17.5 Å². The molecule has 1 aromatic heterocycles. The number of halogens is 1. The first-order valence-electron chi connectivity index (χ1n) is 13.0. The van der Waals surface area contributed by atoms with Crippen LogP contribution in [0.1, 0.15) is 49.1 Å². The van der Waals surface area contributed by atoms with Crippen LogP contribution in [0.5, 0.6) is 0 Å². The van der Waals surface area contributed by atoms with E-state index in [4.69, 9.17) is 16.1 Å². The van der Waals surface area contributed by atoms with E-state index in [1.54, 1.807) is 0 Å². The lowest BCUT2D eigenvalue weighted by atomic mass is 9.96. The van der Waals surface area contributed by atoms with Crippen LogP contribution in [0.3, 0.4) is 0 Å². The summed E-state index contributed by atoms with van der Waals surface area (Å²) in [6.07, 6.45) is 5.63. The number of nitrogens with one attached hydrogen (secondary N) is 1. The number of piperidine rings is 2. The molecule has 1 N–H and O–H groups in total. The number of amides is 1. The number of hydrogen-bond acceptors (Lipinski definition) is 6. The van der Waals surface area contributed by atoms with Gasteiger partial charge >= 0.3 is 0 Å². The van der Waals surface area contributed by atoms with E-state index in [0.717, 1.165) is 43.6 Å². The van der Waals surface area contributed by atoms with E-state index in [9.17, 15) is 4.79 Å². The summed E-state index contributed by atoms with van der Waals surface area (Å²) in [6.45, 7) is 6.24. The van der Waals surface area contributed by atoms with Crippen molar-refractivity contribution in [2.45, 2.75) is 51.7 Å². The van der Waals surface area contributed by atoms with E-state index >= 15 is 0 Å². The molecule has 0 radical (unpaired) electrons. The first kappa shape index (κ1) is 24.9. The van der Waals surface area contributed by atoms with E-state index in [1.807, 2.05) is 24.3 Å². The second kappa shape index (κ2) is 12.0. The lowest BCUT2D eigenvalue weighted by molar-refractivity contribution is -0.126. The molecule has 2 saturated heterocycles. The molecule has 3 aromatic rings. The van der Waals surface area contributed by atoms with Crippen molar-refractivity contribution in [1.82, 2.24) is 25.3 Å². The van der Waals surface area contributed by atoms with Gasteiger partial charge in [-0.25, -0.2) is 0 Å². The van der Waals surface area contributed by atoms with Gasteiger partial charge in [-0.3, -0.25) is 14.6 Å². The molecule has 3 heterocycles. The van der Waals surface area contributed by atoms with Gasteiger partial charge in [-0.2, -0.15) is 4.98 Å². The molecule has 0 bridgehead atoms. The zero-order valence-corrected chi connectivity index (χ0v) is 21.4. The third kappa shape index (κ3) is 6.52. The first-order valence-corrected chi connectivity index (χ1v) is 13.4. The van der Waals surface area contributed by atoms with Crippen LogP contribution in [0.2, 0.25) is 5.02 Å². The fourth-order valence-corrected chi connectivity index (χ4v) is 5.31. The lowest BCUT2D eigenvalue weighted by Crippen LogP contribution is -2.40. The third-order valence-corrected chi connectivity index (χ3v) is 7.57. The van der Waals surface area contributed by atoms with Crippen LogP contribution in [-0.4, -0.2) is 52.0 Å². The number of benzene rings is 2. The molecule has 0 aliphatic carbocycles. The molecule has 0 saturated carbocycles. The van der Waals surface area contributed by atoms with Crippen molar-refractivity contribution in [3.63, 3.8) is 0 Å². The second-order valence-corrected chi connectivity index (χ2v) is 10.3.